The van der Waals surface area contributed by atoms with E-state index in [1.807, 2.05) is 6.07 Å². The largest absolute Gasteiger partial charge is 0.501 e. The van der Waals surface area contributed by atoms with Gasteiger partial charge in [0.25, 0.3) is 5.56 Å². The number of halogens is 2. The molecule has 0 unspecified atom stereocenters. The van der Waals surface area contributed by atoms with E-state index in [0.29, 0.717) is 55.3 Å². The van der Waals surface area contributed by atoms with Gasteiger partial charge in [-0.1, -0.05) is 23.2 Å². The Kier molecular flexibility index (Phi) is 5.33. The van der Waals surface area contributed by atoms with E-state index < -0.39 is 5.56 Å². The van der Waals surface area contributed by atoms with Crippen LogP contribution in [0.15, 0.2) is 35.3 Å². The van der Waals surface area contributed by atoms with E-state index in [2.05, 4.69) is 20.1 Å². The summed E-state index contributed by atoms with van der Waals surface area (Å²) in [5, 5.41) is 12.5. The molecule has 0 aliphatic heterocycles. The van der Waals surface area contributed by atoms with Gasteiger partial charge in [0.2, 0.25) is 5.69 Å². The van der Waals surface area contributed by atoms with Gasteiger partial charge in [-0.05, 0) is 42.7 Å². The number of nitrogens with zero attached hydrogens (tertiary/aromatic N) is 4. The molecule has 166 valence electrons. The molecule has 0 radical (unpaired) electrons. The molecule has 1 saturated carbocycles. The summed E-state index contributed by atoms with van der Waals surface area (Å²) in [5.41, 5.74) is 9.03. The molecule has 2 aromatic carbocycles. The molecule has 2 aromatic heterocycles. The molecule has 5 rings (SSSR count). The van der Waals surface area contributed by atoms with Gasteiger partial charge in [-0.2, -0.15) is 10.2 Å². The summed E-state index contributed by atoms with van der Waals surface area (Å²) in [4.78, 5) is 16.1. The molecule has 1 aliphatic rings. The van der Waals surface area contributed by atoms with Gasteiger partial charge in [0.1, 0.15) is 5.75 Å². The molecule has 2 heterocycles. The predicted octanol–water partition coefficient (Wildman–Crippen LogP) is 4.85. The SMILES string of the molecule is [C-]#[N+]c1c(OC2CC2)cc(Cl)cc1-c1c(-c2cc(Cl)c3c(=O)[nH]nc(CN)c3c2)cnn1C. The fourth-order valence-corrected chi connectivity index (χ4v) is 4.42. The number of hydrogen-bond acceptors (Lipinski definition) is 5. The Bertz CT molecular complexity index is 1510. The maximum absolute atomic E-state index is 12.3. The van der Waals surface area contributed by atoms with Crippen molar-refractivity contribution in [2.45, 2.75) is 25.5 Å². The van der Waals surface area contributed by atoms with Gasteiger partial charge in [0.05, 0.1) is 40.7 Å². The molecular weight excluding hydrogens is 463 g/mol. The fourth-order valence-electron chi connectivity index (χ4n) is 3.90. The molecule has 0 saturated heterocycles. The van der Waals surface area contributed by atoms with Gasteiger partial charge in [0.15, 0.2) is 0 Å². The highest BCUT2D eigenvalue weighted by Crippen LogP contribution is 2.46. The van der Waals surface area contributed by atoms with Crippen molar-refractivity contribution in [2.24, 2.45) is 12.8 Å². The first-order valence-corrected chi connectivity index (χ1v) is 11.0. The first-order chi connectivity index (χ1) is 15.9. The molecule has 1 fully saturated rings. The van der Waals surface area contributed by atoms with Crippen LogP contribution in [0.2, 0.25) is 10.0 Å². The van der Waals surface area contributed by atoms with E-state index in [4.69, 9.17) is 40.2 Å². The van der Waals surface area contributed by atoms with E-state index in [-0.39, 0.29) is 17.7 Å². The second-order valence-corrected chi connectivity index (χ2v) is 8.69. The molecule has 10 heteroatoms. The quantitative estimate of drug-likeness (QED) is 0.397. The fraction of sp³-hybridized carbons (Fsp3) is 0.217. The number of aryl methyl sites for hydroxylation is 1. The van der Waals surface area contributed by atoms with Gasteiger partial charge < -0.3 is 10.5 Å². The number of nitrogens with two attached hydrogens (primary N) is 1. The molecule has 3 N–H and O–H groups in total. The summed E-state index contributed by atoms with van der Waals surface area (Å²) in [6, 6.07) is 6.92. The lowest BCUT2D eigenvalue weighted by Crippen LogP contribution is -2.13. The first kappa shape index (κ1) is 21.5. The van der Waals surface area contributed by atoms with E-state index in [1.54, 1.807) is 36.1 Å². The minimum Gasteiger partial charge on any atom is -0.501 e. The molecule has 33 heavy (non-hydrogen) atoms. The number of hydrogen-bond donors (Lipinski definition) is 2. The number of ether oxygens (including phenoxy) is 1. The molecular formula is C23H18Cl2N6O2. The standard InChI is InChI=1S/C23H18Cl2N6O2/c1-27-21-15(7-12(24)8-19(21)33-13-3-4-13)22-16(10-28-31(22)2)11-5-14-18(9-26)29-30-23(32)20(14)17(25)6-11/h5-8,10,13H,3-4,9,26H2,2H3,(H,30,32). The Balaban J connectivity index is 1.76. The number of aromatic amines is 1. The summed E-state index contributed by atoms with van der Waals surface area (Å²) < 4.78 is 7.64. The average molecular weight is 481 g/mol. The van der Waals surface area contributed by atoms with Crippen molar-refractivity contribution >= 4 is 39.7 Å². The molecule has 0 atom stereocenters. The number of aromatic nitrogens is 4. The van der Waals surface area contributed by atoms with Crippen LogP contribution in [0, 0.1) is 6.57 Å². The summed E-state index contributed by atoms with van der Waals surface area (Å²) in [6.07, 6.45) is 3.72. The molecule has 0 bridgehead atoms. The third-order valence-corrected chi connectivity index (χ3v) is 6.10. The van der Waals surface area contributed by atoms with Crippen LogP contribution in [0.1, 0.15) is 18.5 Å². The van der Waals surface area contributed by atoms with Gasteiger partial charge in [-0.3, -0.25) is 9.48 Å². The van der Waals surface area contributed by atoms with Gasteiger partial charge in [-0.15, -0.1) is 0 Å². The molecule has 0 amide bonds. The van der Waals surface area contributed by atoms with Crippen molar-refractivity contribution in [3.8, 4) is 28.1 Å². The number of H-pyrrole nitrogens is 1. The Morgan fingerprint density at radius 1 is 1.27 bits per heavy atom. The van der Waals surface area contributed by atoms with Crippen molar-refractivity contribution in [3.05, 3.63) is 68.0 Å². The molecule has 4 aromatic rings. The van der Waals surface area contributed by atoms with Crippen molar-refractivity contribution in [3.63, 3.8) is 0 Å². The third-order valence-electron chi connectivity index (χ3n) is 5.59. The summed E-state index contributed by atoms with van der Waals surface area (Å²) in [7, 11) is 1.79. The number of fused-ring (bicyclic) bond motifs is 1. The molecule has 8 nitrogen and oxygen atoms in total. The zero-order valence-corrected chi connectivity index (χ0v) is 19.0. The van der Waals surface area contributed by atoms with Crippen LogP contribution < -0.4 is 16.0 Å². The number of rotatable bonds is 5. The maximum atomic E-state index is 12.3. The Hall–Kier alpha value is -3.38. The number of benzene rings is 2. The van der Waals surface area contributed by atoms with E-state index in [1.165, 1.54) is 0 Å². The zero-order valence-electron chi connectivity index (χ0n) is 17.5. The first-order valence-electron chi connectivity index (χ1n) is 10.2. The Labute approximate surface area is 198 Å². The van der Waals surface area contributed by atoms with Crippen LogP contribution in [0.25, 0.3) is 38.0 Å². The Morgan fingerprint density at radius 2 is 2.06 bits per heavy atom. The summed E-state index contributed by atoms with van der Waals surface area (Å²) in [5.74, 6) is 0.458. The van der Waals surface area contributed by atoms with Gasteiger partial charge >= 0.3 is 0 Å². The van der Waals surface area contributed by atoms with Crippen molar-refractivity contribution in [1.82, 2.24) is 20.0 Å². The normalized spacial score (nSPS) is 13.3. The van der Waals surface area contributed by atoms with Crippen LogP contribution in [0.3, 0.4) is 0 Å². The lowest BCUT2D eigenvalue weighted by molar-refractivity contribution is 0.305. The van der Waals surface area contributed by atoms with Crippen LogP contribution in [-0.4, -0.2) is 26.1 Å². The van der Waals surface area contributed by atoms with E-state index >= 15 is 0 Å². The van der Waals surface area contributed by atoms with Crippen LogP contribution in [0.5, 0.6) is 5.75 Å². The predicted molar refractivity (Wildman–Crippen MR) is 128 cm³/mol. The molecule has 0 spiro atoms. The monoisotopic (exact) mass is 480 g/mol. The second kappa shape index (κ2) is 8.19. The lowest BCUT2D eigenvalue weighted by atomic mass is 9.97. The lowest BCUT2D eigenvalue weighted by Gasteiger charge is -2.14. The minimum absolute atomic E-state index is 0.113. The highest BCUT2D eigenvalue weighted by molar-refractivity contribution is 6.36. The smallest absolute Gasteiger partial charge is 0.273 e. The van der Waals surface area contributed by atoms with Crippen LogP contribution >= 0.6 is 23.2 Å². The van der Waals surface area contributed by atoms with Gasteiger partial charge in [0, 0.05) is 35.1 Å². The molecule has 1 aliphatic carbocycles. The highest BCUT2D eigenvalue weighted by atomic mass is 35.5. The third kappa shape index (κ3) is 3.74. The van der Waals surface area contributed by atoms with Crippen molar-refractivity contribution in [2.75, 3.05) is 0 Å². The highest BCUT2D eigenvalue weighted by Gasteiger charge is 2.27. The van der Waals surface area contributed by atoms with Crippen LogP contribution in [0.4, 0.5) is 5.69 Å². The maximum Gasteiger partial charge on any atom is 0.273 e. The van der Waals surface area contributed by atoms with E-state index in [9.17, 15) is 4.79 Å². The van der Waals surface area contributed by atoms with Crippen LogP contribution in [-0.2, 0) is 13.6 Å². The zero-order chi connectivity index (χ0) is 23.3. The average Bonchev–Trinajstić information content (AvgIpc) is 3.51. The summed E-state index contributed by atoms with van der Waals surface area (Å²) in [6.45, 7) is 7.95. The van der Waals surface area contributed by atoms with E-state index in [0.717, 1.165) is 12.8 Å². The van der Waals surface area contributed by atoms with Gasteiger partial charge in [-0.25, -0.2) is 9.94 Å². The number of nitrogens with one attached hydrogen (secondary N) is 1. The topological polar surface area (TPSA) is 103 Å². The summed E-state index contributed by atoms with van der Waals surface area (Å²) >= 11 is 12.9. The second-order valence-electron chi connectivity index (χ2n) is 7.84. The minimum atomic E-state index is -0.392. The van der Waals surface area contributed by atoms with Crippen molar-refractivity contribution in [1.29, 1.82) is 0 Å². The Morgan fingerprint density at radius 3 is 2.76 bits per heavy atom. The van der Waals surface area contributed by atoms with Crippen molar-refractivity contribution < 1.29 is 4.74 Å².